The Labute approximate surface area is 134 Å². The second kappa shape index (κ2) is 7.02. The molecule has 0 unspecified atom stereocenters. The van der Waals surface area contributed by atoms with E-state index in [1.807, 2.05) is 16.3 Å². The first-order valence-electron chi connectivity index (χ1n) is 6.76. The lowest BCUT2D eigenvalue weighted by atomic mass is 10.2. The van der Waals surface area contributed by atoms with Gasteiger partial charge in [-0.2, -0.15) is 0 Å². The van der Waals surface area contributed by atoms with E-state index in [9.17, 15) is 4.79 Å². The number of thiophene rings is 1. The number of hydrogen-bond donors (Lipinski definition) is 1. The maximum Gasteiger partial charge on any atom is 0.254 e. The van der Waals surface area contributed by atoms with Gasteiger partial charge in [0.1, 0.15) is 0 Å². The Balaban J connectivity index is 0.00000161. The fourth-order valence-corrected chi connectivity index (χ4v) is 2.91. The summed E-state index contributed by atoms with van der Waals surface area (Å²) in [6.07, 6.45) is 3.86. The fourth-order valence-electron chi connectivity index (χ4n) is 2.21. The highest BCUT2D eigenvalue weighted by molar-refractivity contribution is 7.09. The number of hydrogen-bond acceptors (Lipinski definition) is 4. The molecule has 2 N–H and O–H groups in total. The number of aromatic nitrogens is 1. The summed E-state index contributed by atoms with van der Waals surface area (Å²) in [4.78, 5) is 20.0. The van der Waals surface area contributed by atoms with Crippen molar-refractivity contribution >= 4 is 29.7 Å². The molecule has 0 aromatic carbocycles. The normalized spacial score (nSPS) is 13.6. The van der Waals surface area contributed by atoms with Crippen LogP contribution in [0.4, 0.5) is 0 Å². The second-order valence-electron chi connectivity index (χ2n) is 4.98. The number of carbonyl (C=O) groups is 1. The van der Waals surface area contributed by atoms with Crippen LogP contribution in [-0.4, -0.2) is 21.8 Å². The van der Waals surface area contributed by atoms with E-state index < -0.39 is 0 Å². The first-order valence-corrected chi connectivity index (χ1v) is 7.64. The predicted octanol–water partition coefficient (Wildman–Crippen LogP) is 2.83. The standard InChI is InChI=1S/C15H17N3OS.ClH/c16-9-12-8-11(5-6-17-12)15(19)18(13-3-4-13)10-14-2-1-7-20-14;/h1-2,5-8,13H,3-4,9-10,16H2;1H. The van der Waals surface area contributed by atoms with Gasteiger partial charge >= 0.3 is 0 Å². The lowest BCUT2D eigenvalue weighted by Gasteiger charge is -2.22. The molecule has 1 aliphatic carbocycles. The number of nitrogens with two attached hydrogens (primary N) is 1. The van der Waals surface area contributed by atoms with Crippen LogP contribution in [-0.2, 0) is 13.1 Å². The summed E-state index contributed by atoms with van der Waals surface area (Å²) in [5.41, 5.74) is 7.03. The Hall–Kier alpha value is -1.43. The summed E-state index contributed by atoms with van der Waals surface area (Å²) >= 11 is 1.69. The SMILES string of the molecule is Cl.NCc1cc(C(=O)N(Cc2cccs2)C2CC2)ccn1. The molecule has 1 amide bonds. The van der Waals surface area contributed by atoms with E-state index in [2.05, 4.69) is 11.1 Å². The highest BCUT2D eigenvalue weighted by Crippen LogP contribution is 2.30. The van der Waals surface area contributed by atoms with Crippen molar-refractivity contribution in [2.24, 2.45) is 5.73 Å². The van der Waals surface area contributed by atoms with Crippen molar-refractivity contribution in [3.63, 3.8) is 0 Å². The highest BCUT2D eigenvalue weighted by atomic mass is 35.5. The summed E-state index contributed by atoms with van der Waals surface area (Å²) < 4.78 is 0. The average molecular weight is 324 g/mol. The summed E-state index contributed by atoms with van der Waals surface area (Å²) in [7, 11) is 0. The smallest absolute Gasteiger partial charge is 0.254 e. The summed E-state index contributed by atoms with van der Waals surface area (Å²) in [5, 5.41) is 2.05. The summed E-state index contributed by atoms with van der Waals surface area (Å²) in [5.74, 6) is 0.0815. The average Bonchev–Trinajstić information content (AvgIpc) is 3.20. The number of nitrogens with zero attached hydrogens (tertiary/aromatic N) is 2. The molecule has 21 heavy (non-hydrogen) atoms. The third kappa shape index (κ3) is 3.81. The quantitative estimate of drug-likeness (QED) is 0.920. The van der Waals surface area contributed by atoms with Crippen LogP contribution >= 0.6 is 23.7 Å². The van der Waals surface area contributed by atoms with Crippen LogP contribution in [0.3, 0.4) is 0 Å². The molecule has 0 atom stereocenters. The molecule has 1 aliphatic rings. The molecule has 0 saturated heterocycles. The minimum absolute atomic E-state index is 0. The third-order valence-electron chi connectivity index (χ3n) is 3.43. The van der Waals surface area contributed by atoms with Crippen molar-refractivity contribution < 1.29 is 4.79 Å². The Bertz CT molecular complexity index is 599. The third-order valence-corrected chi connectivity index (χ3v) is 4.29. The first kappa shape index (κ1) is 15.9. The van der Waals surface area contributed by atoms with Crippen molar-refractivity contribution in [3.05, 3.63) is 52.0 Å². The monoisotopic (exact) mass is 323 g/mol. The number of amides is 1. The number of carbonyl (C=O) groups excluding carboxylic acids is 1. The molecule has 1 saturated carbocycles. The van der Waals surface area contributed by atoms with Crippen LogP contribution in [0.15, 0.2) is 35.8 Å². The van der Waals surface area contributed by atoms with Gasteiger partial charge < -0.3 is 10.6 Å². The predicted molar refractivity (Wildman–Crippen MR) is 86.6 cm³/mol. The van der Waals surface area contributed by atoms with Gasteiger partial charge in [-0.25, -0.2) is 0 Å². The minimum atomic E-state index is 0. The highest BCUT2D eigenvalue weighted by Gasteiger charge is 2.33. The maximum atomic E-state index is 12.7. The van der Waals surface area contributed by atoms with Gasteiger partial charge in [-0.05, 0) is 36.4 Å². The van der Waals surface area contributed by atoms with E-state index in [-0.39, 0.29) is 18.3 Å². The van der Waals surface area contributed by atoms with Crippen LogP contribution in [0.2, 0.25) is 0 Å². The van der Waals surface area contributed by atoms with Gasteiger partial charge in [0.15, 0.2) is 0 Å². The van der Waals surface area contributed by atoms with Crippen LogP contribution in [0.25, 0.3) is 0 Å². The maximum absolute atomic E-state index is 12.7. The molecule has 2 aromatic heterocycles. The fraction of sp³-hybridized carbons (Fsp3) is 0.333. The molecular formula is C15H18ClN3OS. The Morgan fingerprint density at radius 2 is 2.24 bits per heavy atom. The van der Waals surface area contributed by atoms with Crippen LogP contribution in [0, 0.1) is 0 Å². The summed E-state index contributed by atoms with van der Waals surface area (Å²) in [6.45, 7) is 1.05. The molecule has 0 radical (unpaired) electrons. The van der Waals surface area contributed by atoms with Gasteiger partial charge in [-0.3, -0.25) is 9.78 Å². The van der Waals surface area contributed by atoms with Gasteiger partial charge in [-0.1, -0.05) is 6.07 Å². The zero-order valence-electron chi connectivity index (χ0n) is 11.6. The molecular weight excluding hydrogens is 306 g/mol. The van der Waals surface area contributed by atoms with Gasteiger partial charge in [0.05, 0.1) is 12.2 Å². The topological polar surface area (TPSA) is 59.2 Å². The lowest BCUT2D eigenvalue weighted by molar-refractivity contribution is 0.0731. The van der Waals surface area contributed by atoms with Crippen LogP contribution in [0.5, 0.6) is 0 Å². The zero-order valence-corrected chi connectivity index (χ0v) is 13.2. The lowest BCUT2D eigenvalue weighted by Crippen LogP contribution is -2.32. The number of halogens is 1. The molecule has 3 rings (SSSR count). The van der Waals surface area contributed by atoms with Crippen molar-refractivity contribution in [1.82, 2.24) is 9.88 Å². The van der Waals surface area contributed by atoms with Crippen LogP contribution in [0.1, 0.15) is 33.8 Å². The van der Waals surface area contributed by atoms with Gasteiger partial charge in [-0.15, -0.1) is 23.7 Å². The van der Waals surface area contributed by atoms with E-state index in [1.54, 1.807) is 29.7 Å². The number of rotatable bonds is 5. The van der Waals surface area contributed by atoms with E-state index >= 15 is 0 Å². The Morgan fingerprint density at radius 1 is 1.43 bits per heavy atom. The van der Waals surface area contributed by atoms with Crippen molar-refractivity contribution in [3.8, 4) is 0 Å². The van der Waals surface area contributed by atoms with Gasteiger partial charge in [0.2, 0.25) is 0 Å². The van der Waals surface area contributed by atoms with Crippen molar-refractivity contribution in [2.45, 2.75) is 32.0 Å². The molecule has 112 valence electrons. The Morgan fingerprint density at radius 3 is 2.86 bits per heavy atom. The Kier molecular flexibility index (Phi) is 5.33. The zero-order chi connectivity index (χ0) is 13.9. The number of pyridine rings is 1. The summed E-state index contributed by atoms with van der Waals surface area (Å²) in [6, 6.07) is 8.05. The van der Waals surface area contributed by atoms with Crippen molar-refractivity contribution in [2.75, 3.05) is 0 Å². The molecule has 2 heterocycles. The minimum Gasteiger partial charge on any atom is -0.331 e. The first-order chi connectivity index (χ1) is 9.78. The van der Waals surface area contributed by atoms with Crippen LogP contribution < -0.4 is 5.73 Å². The van der Waals surface area contributed by atoms with Crippen molar-refractivity contribution in [1.29, 1.82) is 0 Å². The molecule has 6 heteroatoms. The molecule has 0 spiro atoms. The molecule has 1 fully saturated rings. The molecule has 0 aliphatic heterocycles. The molecule has 0 bridgehead atoms. The molecule has 4 nitrogen and oxygen atoms in total. The van der Waals surface area contributed by atoms with E-state index in [4.69, 9.17) is 5.73 Å². The largest absolute Gasteiger partial charge is 0.331 e. The van der Waals surface area contributed by atoms with Gasteiger partial charge in [0.25, 0.3) is 5.91 Å². The second-order valence-corrected chi connectivity index (χ2v) is 6.02. The molecule has 2 aromatic rings. The van der Waals surface area contributed by atoms with E-state index in [0.717, 1.165) is 18.5 Å². The van der Waals surface area contributed by atoms with E-state index in [1.165, 1.54) is 4.88 Å². The van der Waals surface area contributed by atoms with Gasteiger partial charge in [0, 0.05) is 29.2 Å². The van der Waals surface area contributed by atoms with E-state index in [0.29, 0.717) is 24.7 Å².